The minimum Gasteiger partial charge on any atom is -0.464 e. The van der Waals surface area contributed by atoms with Gasteiger partial charge in [0.05, 0.1) is 29.6 Å². The fourth-order valence-electron chi connectivity index (χ4n) is 5.30. The van der Waals surface area contributed by atoms with Crippen LogP contribution in [0.3, 0.4) is 0 Å². The van der Waals surface area contributed by atoms with Gasteiger partial charge in [0, 0.05) is 25.6 Å². The largest absolute Gasteiger partial charge is 0.464 e. The maximum atomic E-state index is 14.8. The lowest BCUT2D eigenvalue weighted by Gasteiger charge is -2.36. The molecule has 7 nitrogen and oxygen atoms in total. The van der Waals surface area contributed by atoms with E-state index in [0.717, 1.165) is 61.2 Å². The van der Waals surface area contributed by atoms with Gasteiger partial charge in [0.25, 0.3) is 0 Å². The summed E-state index contributed by atoms with van der Waals surface area (Å²) in [5, 5.41) is 6.06. The normalized spacial score (nSPS) is 18.1. The topological polar surface area (TPSA) is 63.5 Å². The van der Waals surface area contributed by atoms with Gasteiger partial charge in [0.15, 0.2) is 11.3 Å². The Morgan fingerprint density at radius 3 is 2.49 bits per heavy atom. The average Bonchev–Trinajstić information content (AvgIpc) is 3.21. The molecule has 1 aliphatic heterocycles. The van der Waals surface area contributed by atoms with E-state index in [1.165, 1.54) is 13.5 Å². The third-order valence-electron chi connectivity index (χ3n) is 7.46. The highest BCUT2D eigenvalue weighted by Crippen LogP contribution is 2.43. The first kappa shape index (κ1) is 23.7. The molecule has 0 radical (unpaired) electrons. The molecule has 186 valence electrons. The number of carbonyl (C=O) groups is 1. The number of aromatic nitrogens is 3. The summed E-state index contributed by atoms with van der Waals surface area (Å²) in [4.78, 5) is 21.6. The van der Waals surface area contributed by atoms with E-state index in [0.29, 0.717) is 18.1 Å². The van der Waals surface area contributed by atoms with Crippen LogP contribution < -0.4 is 4.90 Å². The first-order chi connectivity index (χ1) is 17.0. The van der Waals surface area contributed by atoms with Crippen molar-refractivity contribution in [1.82, 2.24) is 19.7 Å². The van der Waals surface area contributed by atoms with Crippen LogP contribution >= 0.6 is 0 Å². The molecule has 0 spiro atoms. The maximum absolute atomic E-state index is 14.8. The van der Waals surface area contributed by atoms with E-state index in [4.69, 9.17) is 14.8 Å². The number of benzene rings is 1. The number of halogens is 1. The van der Waals surface area contributed by atoms with Gasteiger partial charge in [-0.05, 0) is 63.9 Å². The number of ether oxygens (including phenoxy) is 1. The van der Waals surface area contributed by atoms with Crippen molar-refractivity contribution in [3.8, 4) is 5.69 Å². The highest BCUT2D eigenvalue weighted by molar-refractivity contribution is 5.99. The molecule has 0 amide bonds. The van der Waals surface area contributed by atoms with Crippen molar-refractivity contribution in [2.75, 3.05) is 45.7 Å². The number of para-hydroxylation sites is 1. The van der Waals surface area contributed by atoms with E-state index in [-0.39, 0.29) is 11.6 Å². The molecular weight excluding hydrogens is 445 g/mol. The summed E-state index contributed by atoms with van der Waals surface area (Å²) in [5.74, 6) is -0.0344. The molecule has 5 rings (SSSR count). The molecule has 0 N–H and O–H groups in total. The molecule has 1 aliphatic carbocycles. The lowest BCUT2D eigenvalue weighted by atomic mass is 9.81. The van der Waals surface area contributed by atoms with Crippen LogP contribution in [0.25, 0.3) is 16.7 Å². The van der Waals surface area contributed by atoms with Gasteiger partial charge in [0.2, 0.25) is 0 Å². The summed E-state index contributed by atoms with van der Waals surface area (Å²) >= 11 is 0. The third kappa shape index (κ3) is 4.63. The van der Waals surface area contributed by atoms with Crippen LogP contribution in [0.5, 0.6) is 0 Å². The lowest BCUT2D eigenvalue weighted by Crippen LogP contribution is -2.39. The van der Waals surface area contributed by atoms with Crippen molar-refractivity contribution >= 4 is 22.7 Å². The highest BCUT2D eigenvalue weighted by Gasteiger charge is 2.33. The zero-order chi connectivity index (χ0) is 24.5. The van der Waals surface area contributed by atoms with Crippen LogP contribution in [-0.4, -0.2) is 72.6 Å². The second-order valence-electron chi connectivity index (χ2n) is 10.1. The van der Waals surface area contributed by atoms with Gasteiger partial charge < -0.3 is 14.5 Å². The van der Waals surface area contributed by atoms with Crippen LogP contribution in [0.15, 0.2) is 36.4 Å². The van der Waals surface area contributed by atoms with Crippen LogP contribution in [0.4, 0.5) is 10.1 Å². The second-order valence-corrected chi connectivity index (χ2v) is 10.1. The van der Waals surface area contributed by atoms with Crippen LogP contribution in [-0.2, 0) is 4.74 Å². The van der Waals surface area contributed by atoms with E-state index in [1.54, 1.807) is 0 Å². The quantitative estimate of drug-likeness (QED) is 0.462. The van der Waals surface area contributed by atoms with Crippen molar-refractivity contribution in [1.29, 1.82) is 0 Å². The molecule has 1 atom stereocenters. The Morgan fingerprint density at radius 1 is 1.17 bits per heavy atom. The zero-order valence-electron chi connectivity index (χ0n) is 20.8. The van der Waals surface area contributed by atoms with Gasteiger partial charge in [0.1, 0.15) is 6.17 Å². The molecule has 2 aromatic heterocycles. The van der Waals surface area contributed by atoms with E-state index in [1.807, 2.05) is 60.1 Å². The fourth-order valence-corrected chi connectivity index (χ4v) is 5.30. The van der Waals surface area contributed by atoms with Crippen LogP contribution in [0.1, 0.15) is 54.2 Å². The van der Waals surface area contributed by atoms with E-state index in [9.17, 15) is 9.18 Å². The molecule has 2 aliphatic rings. The molecule has 2 fully saturated rings. The standard InChI is InChI=1S/C27H34FN5O2/c1-31(2)17-21(28)18-12-14-32(15-13-18)23-16-22(27(34)35-3)29-26-24(23)25(19-8-7-9-19)30-33(26)20-10-5-4-6-11-20/h4-6,10-11,16,18-19,21H,7-9,12-15,17H2,1-3H3. The number of hydrogen-bond acceptors (Lipinski definition) is 6. The lowest BCUT2D eigenvalue weighted by molar-refractivity contribution is 0.0594. The van der Waals surface area contributed by atoms with Crippen molar-refractivity contribution in [3.05, 3.63) is 47.8 Å². The maximum Gasteiger partial charge on any atom is 0.356 e. The van der Waals surface area contributed by atoms with Crippen molar-refractivity contribution in [2.45, 2.75) is 44.2 Å². The molecule has 1 unspecified atom stereocenters. The van der Waals surface area contributed by atoms with Crippen LogP contribution in [0, 0.1) is 5.92 Å². The Hall–Kier alpha value is -3.00. The average molecular weight is 480 g/mol. The van der Waals surface area contributed by atoms with E-state index < -0.39 is 12.1 Å². The molecule has 1 aromatic carbocycles. The van der Waals surface area contributed by atoms with E-state index >= 15 is 0 Å². The number of esters is 1. The van der Waals surface area contributed by atoms with Gasteiger partial charge in [-0.15, -0.1) is 0 Å². The van der Waals surface area contributed by atoms with Gasteiger partial charge in [-0.2, -0.15) is 5.10 Å². The van der Waals surface area contributed by atoms with Crippen molar-refractivity contribution < 1.29 is 13.9 Å². The molecule has 0 bridgehead atoms. The minimum atomic E-state index is -0.832. The predicted octanol–water partition coefficient (Wildman–Crippen LogP) is 4.59. The van der Waals surface area contributed by atoms with Gasteiger partial charge in [-0.3, -0.25) is 0 Å². The molecule has 1 saturated carbocycles. The first-order valence-electron chi connectivity index (χ1n) is 12.6. The SMILES string of the molecule is COC(=O)c1cc(N2CCC(C(F)CN(C)C)CC2)c2c(C3CCC3)nn(-c3ccccc3)c2n1. The molecule has 35 heavy (non-hydrogen) atoms. The van der Waals surface area contributed by atoms with Gasteiger partial charge in [-0.1, -0.05) is 24.6 Å². The number of nitrogens with zero attached hydrogens (tertiary/aromatic N) is 5. The van der Waals surface area contributed by atoms with Crippen molar-refractivity contribution in [2.24, 2.45) is 5.92 Å². The summed E-state index contributed by atoms with van der Waals surface area (Å²) in [6.07, 6.45) is 4.13. The van der Waals surface area contributed by atoms with Gasteiger partial charge >= 0.3 is 5.97 Å². The Labute approximate surface area is 205 Å². The number of rotatable bonds is 7. The molecule has 3 heterocycles. The van der Waals surface area contributed by atoms with E-state index in [2.05, 4.69) is 4.90 Å². The predicted molar refractivity (Wildman–Crippen MR) is 135 cm³/mol. The number of piperidine rings is 1. The summed E-state index contributed by atoms with van der Waals surface area (Å²) in [5.41, 5.74) is 3.86. The summed E-state index contributed by atoms with van der Waals surface area (Å²) < 4.78 is 21.7. The Morgan fingerprint density at radius 2 is 1.89 bits per heavy atom. The molecule has 3 aromatic rings. The number of fused-ring (bicyclic) bond motifs is 1. The van der Waals surface area contributed by atoms with Gasteiger partial charge in [-0.25, -0.2) is 18.9 Å². The zero-order valence-corrected chi connectivity index (χ0v) is 20.8. The monoisotopic (exact) mass is 479 g/mol. The Balaban J connectivity index is 1.59. The summed E-state index contributed by atoms with van der Waals surface area (Å²) in [6, 6.07) is 11.8. The smallest absolute Gasteiger partial charge is 0.356 e. The first-order valence-corrected chi connectivity index (χ1v) is 12.6. The number of anilines is 1. The van der Waals surface area contributed by atoms with Crippen LogP contribution in [0.2, 0.25) is 0 Å². The number of methoxy groups -OCH3 is 1. The van der Waals surface area contributed by atoms with Crippen molar-refractivity contribution in [3.63, 3.8) is 0 Å². The third-order valence-corrected chi connectivity index (χ3v) is 7.46. The molecule has 1 saturated heterocycles. The summed E-state index contributed by atoms with van der Waals surface area (Å²) in [6.45, 7) is 1.92. The molecule has 8 heteroatoms. The highest BCUT2D eigenvalue weighted by atomic mass is 19.1. The fraction of sp³-hybridized carbons (Fsp3) is 0.519. The number of pyridine rings is 1. The minimum absolute atomic E-state index is 0.0456. The second kappa shape index (κ2) is 9.93. The number of hydrogen-bond donors (Lipinski definition) is 0. The Bertz CT molecular complexity index is 1180. The summed E-state index contributed by atoms with van der Waals surface area (Å²) in [7, 11) is 5.20. The molecular formula is C27H34FN5O2. The Kier molecular flexibility index (Phi) is 6.73. The number of carbonyl (C=O) groups excluding carboxylic acids is 1. The number of alkyl halides is 1.